The summed E-state index contributed by atoms with van der Waals surface area (Å²) in [7, 11) is 5.87. The van der Waals surface area contributed by atoms with Gasteiger partial charge in [-0.05, 0) is 12.5 Å². The molecule has 0 unspecified atom stereocenters. The Labute approximate surface area is 89.7 Å². The van der Waals surface area contributed by atoms with Crippen molar-refractivity contribution in [3.8, 4) is 0 Å². The smallest absolute Gasteiger partial charge is 0.0522 e. The minimum absolute atomic E-state index is 1.05. The van der Waals surface area contributed by atoms with Crippen molar-refractivity contribution in [2.45, 2.75) is 33.6 Å². The average molecular weight is 198 g/mol. The highest BCUT2D eigenvalue weighted by Gasteiger charge is 1.92. The Hall–Kier alpha value is -0.920. The standard InChI is InChI=1S/C8H16N2.C4H10/c1-7(2)8(9-3)6-10(4)5;1-3-4-2/h6,9H,1H2,2-5H3;3-4H2,1-2H3/b8-6-;. The fourth-order valence-electron chi connectivity index (χ4n) is 0.646. The highest BCUT2D eigenvalue weighted by Crippen LogP contribution is 2.01. The van der Waals surface area contributed by atoms with Crippen LogP contribution in [-0.2, 0) is 0 Å². The van der Waals surface area contributed by atoms with Gasteiger partial charge in [0.2, 0.25) is 0 Å². The third-order valence-corrected chi connectivity index (χ3v) is 1.62. The molecule has 0 spiro atoms. The van der Waals surface area contributed by atoms with Crippen molar-refractivity contribution in [3.05, 3.63) is 24.0 Å². The molecule has 0 aliphatic heterocycles. The average Bonchev–Trinajstić information content (AvgIpc) is 2.14. The summed E-state index contributed by atoms with van der Waals surface area (Å²) in [6.07, 6.45) is 4.64. The quantitative estimate of drug-likeness (QED) is 0.699. The van der Waals surface area contributed by atoms with Gasteiger partial charge in [-0.3, -0.25) is 0 Å². The summed E-state index contributed by atoms with van der Waals surface area (Å²) in [6, 6.07) is 0. The summed E-state index contributed by atoms with van der Waals surface area (Å²) in [5.41, 5.74) is 2.13. The predicted molar refractivity (Wildman–Crippen MR) is 66.2 cm³/mol. The highest BCUT2D eigenvalue weighted by molar-refractivity contribution is 5.23. The topological polar surface area (TPSA) is 15.3 Å². The summed E-state index contributed by atoms with van der Waals surface area (Å²) in [4.78, 5) is 1.99. The lowest BCUT2D eigenvalue weighted by Gasteiger charge is -2.10. The van der Waals surface area contributed by atoms with Crippen molar-refractivity contribution in [1.29, 1.82) is 0 Å². The molecular weight excluding hydrogens is 172 g/mol. The molecule has 0 aromatic heterocycles. The first kappa shape index (κ1) is 15.5. The third-order valence-electron chi connectivity index (χ3n) is 1.62. The maximum atomic E-state index is 3.82. The first-order valence-corrected chi connectivity index (χ1v) is 5.21. The van der Waals surface area contributed by atoms with Crippen molar-refractivity contribution >= 4 is 0 Å². The Balaban J connectivity index is 0. The Kier molecular flexibility index (Phi) is 11.3. The Morgan fingerprint density at radius 1 is 1.29 bits per heavy atom. The lowest BCUT2D eigenvalue weighted by atomic mass is 10.2. The van der Waals surface area contributed by atoms with Crippen molar-refractivity contribution in [2.24, 2.45) is 0 Å². The van der Waals surface area contributed by atoms with E-state index in [9.17, 15) is 0 Å². The van der Waals surface area contributed by atoms with Gasteiger partial charge in [0.15, 0.2) is 0 Å². The molecule has 0 atom stereocenters. The maximum Gasteiger partial charge on any atom is 0.0522 e. The van der Waals surface area contributed by atoms with Gasteiger partial charge in [0.25, 0.3) is 0 Å². The van der Waals surface area contributed by atoms with Crippen LogP contribution in [0.1, 0.15) is 33.6 Å². The summed E-state index contributed by atoms with van der Waals surface area (Å²) in [5, 5.41) is 3.05. The normalized spacial score (nSPS) is 10.0. The molecule has 0 aliphatic carbocycles. The highest BCUT2D eigenvalue weighted by atomic mass is 15.0. The van der Waals surface area contributed by atoms with Gasteiger partial charge in [-0.25, -0.2) is 0 Å². The zero-order valence-electron chi connectivity index (χ0n) is 10.6. The second-order valence-electron chi connectivity index (χ2n) is 3.54. The number of nitrogens with one attached hydrogen (secondary N) is 1. The molecular formula is C12H26N2. The van der Waals surface area contributed by atoms with Gasteiger partial charge >= 0.3 is 0 Å². The Morgan fingerprint density at radius 2 is 1.71 bits per heavy atom. The SMILES string of the molecule is C=C(C)/C(=C/N(C)C)NC.CCCC. The second kappa shape index (κ2) is 10.2. The zero-order valence-corrected chi connectivity index (χ0v) is 10.6. The van der Waals surface area contributed by atoms with Crippen LogP contribution < -0.4 is 5.32 Å². The van der Waals surface area contributed by atoms with E-state index in [-0.39, 0.29) is 0 Å². The molecule has 0 aliphatic rings. The van der Waals surface area contributed by atoms with E-state index in [4.69, 9.17) is 0 Å². The summed E-state index contributed by atoms with van der Waals surface area (Å²) >= 11 is 0. The molecule has 0 radical (unpaired) electrons. The van der Waals surface area contributed by atoms with Crippen LogP contribution in [0.3, 0.4) is 0 Å². The fourth-order valence-corrected chi connectivity index (χ4v) is 0.646. The van der Waals surface area contributed by atoms with Crippen molar-refractivity contribution in [2.75, 3.05) is 21.1 Å². The molecule has 84 valence electrons. The van der Waals surface area contributed by atoms with E-state index in [0.29, 0.717) is 0 Å². The minimum atomic E-state index is 1.05. The van der Waals surface area contributed by atoms with E-state index in [2.05, 4.69) is 25.7 Å². The summed E-state index contributed by atoms with van der Waals surface area (Å²) in [6.45, 7) is 10.2. The van der Waals surface area contributed by atoms with Gasteiger partial charge in [0, 0.05) is 27.3 Å². The Morgan fingerprint density at radius 3 is 1.79 bits per heavy atom. The number of hydrogen-bond acceptors (Lipinski definition) is 2. The molecule has 0 saturated heterocycles. The lowest BCUT2D eigenvalue weighted by Crippen LogP contribution is -2.12. The number of unbranched alkanes of at least 4 members (excludes halogenated alkanes) is 1. The molecule has 1 N–H and O–H groups in total. The van der Waals surface area contributed by atoms with Crippen LogP contribution in [0.15, 0.2) is 24.0 Å². The van der Waals surface area contributed by atoms with Gasteiger partial charge in [-0.15, -0.1) is 0 Å². The van der Waals surface area contributed by atoms with Crippen LogP contribution >= 0.6 is 0 Å². The molecule has 0 amide bonds. The van der Waals surface area contributed by atoms with Crippen LogP contribution in [0.25, 0.3) is 0 Å². The summed E-state index contributed by atoms with van der Waals surface area (Å²) in [5.74, 6) is 0. The van der Waals surface area contributed by atoms with E-state index >= 15 is 0 Å². The molecule has 0 aromatic rings. The van der Waals surface area contributed by atoms with E-state index in [0.717, 1.165) is 11.3 Å². The van der Waals surface area contributed by atoms with Gasteiger partial charge in [0.1, 0.15) is 0 Å². The van der Waals surface area contributed by atoms with Crippen molar-refractivity contribution < 1.29 is 0 Å². The zero-order chi connectivity index (χ0) is 11.6. The molecule has 0 fully saturated rings. The predicted octanol–water partition coefficient (Wildman–Crippen LogP) is 2.99. The van der Waals surface area contributed by atoms with Gasteiger partial charge in [-0.1, -0.05) is 33.3 Å². The molecule has 14 heavy (non-hydrogen) atoms. The van der Waals surface area contributed by atoms with Gasteiger partial charge in [-0.2, -0.15) is 0 Å². The van der Waals surface area contributed by atoms with Gasteiger partial charge in [0.05, 0.1) is 5.70 Å². The molecule has 2 nitrogen and oxygen atoms in total. The van der Waals surface area contributed by atoms with Crippen molar-refractivity contribution in [1.82, 2.24) is 10.2 Å². The molecule has 0 saturated carbocycles. The van der Waals surface area contributed by atoms with Crippen LogP contribution in [-0.4, -0.2) is 26.0 Å². The minimum Gasteiger partial charge on any atom is -0.387 e. The number of nitrogens with zero attached hydrogens (tertiary/aromatic N) is 1. The van der Waals surface area contributed by atoms with E-state index in [1.807, 2.05) is 39.2 Å². The number of allylic oxidation sites excluding steroid dienone is 1. The second-order valence-corrected chi connectivity index (χ2v) is 3.54. The number of likely N-dealkylation sites (N-methyl/N-ethyl adjacent to an activating group) is 1. The summed E-state index contributed by atoms with van der Waals surface area (Å²) < 4.78 is 0. The van der Waals surface area contributed by atoms with E-state index in [1.165, 1.54) is 12.8 Å². The van der Waals surface area contributed by atoms with Crippen LogP contribution in [0.5, 0.6) is 0 Å². The number of hydrogen-bond donors (Lipinski definition) is 1. The van der Waals surface area contributed by atoms with Gasteiger partial charge < -0.3 is 10.2 Å². The third kappa shape index (κ3) is 11.1. The monoisotopic (exact) mass is 198 g/mol. The van der Waals surface area contributed by atoms with E-state index in [1.54, 1.807) is 0 Å². The first-order valence-electron chi connectivity index (χ1n) is 5.21. The molecule has 2 heteroatoms. The van der Waals surface area contributed by atoms with E-state index < -0.39 is 0 Å². The maximum absolute atomic E-state index is 3.82. The van der Waals surface area contributed by atoms with Crippen LogP contribution in [0.2, 0.25) is 0 Å². The molecule has 0 aromatic carbocycles. The number of rotatable bonds is 4. The molecule has 0 rings (SSSR count). The van der Waals surface area contributed by atoms with Crippen LogP contribution in [0, 0.1) is 0 Å². The fraction of sp³-hybridized carbons (Fsp3) is 0.667. The van der Waals surface area contributed by atoms with Crippen molar-refractivity contribution in [3.63, 3.8) is 0 Å². The molecule has 0 heterocycles. The molecule has 0 bridgehead atoms. The lowest BCUT2D eigenvalue weighted by molar-refractivity contribution is 0.554. The first-order chi connectivity index (χ1) is 6.49. The Bertz CT molecular complexity index is 167. The largest absolute Gasteiger partial charge is 0.387 e. The van der Waals surface area contributed by atoms with Crippen LogP contribution in [0.4, 0.5) is 0 Å².